The van der Waals surface area contributed by atoms with Gasteiger partial charge in [-0.15, -0.1) is 12.4 Å². The molecular weight excluding hydrogens is 390 g/mol. The van der Waals surface area contributed by atoms with Crippen LogP contribution in [0.4, 0.5) is 5.82 Å². The number of rotatable bonds is 3. The molecule has 7 nitrogen and oxygen atoms in total. The van der Waals surface area contributed by atoms with Crippen molar-refractivity contribution in [2.24, 2.45) is 0 Å². The van der Waals surface area contributed by atoms with Gasteiger partial charge in [-0.25, -0.2) is 14.6 Å². The van der Waals surface area contributed by atoms with Gasteiger partial charge in [-0.05, 0) is 42.2 Å². The number of halogens is 1. The Morgan fingerprint density at radius 2 is 1.83 bits per heavy atom. The van der Waals surface area contributed by atoms with E-state index in [9.17, 15) is 5.11 Å². The summed E-state index contributed by atoms with van der Waals surface area (Å²) in [6.45, 7) is 0. The van der Waals surface area contributed by atoms with Crippen molar-refractivity contribution < 1.29 is 9.84 Å². The summed E-state index contributed by atoms with van der Waals surface area (Å²) in [6.07, 6.45) is 3.25. The molecule has 3 N–H and O–H groups in total. The minimum absolute atomic E-state index is 0. The van der Waals surface area contributed by atoms with Crippen LogP contribution in [0, 0.1) is 0 Å². The second-order valence-corrected chi connectivity index (χ2v) is 6.97. The minimum atomic E-state index is 0. The molecule has 0 spiro atoms. The number of benzene rings is 2. The van der Waals surface area contributed by atoms with Gasteiger partial charge in [-0.2, -0.15) is 5.10 Å². The van der Waals surface area contributed by atoms with Crippen molar-refractivity contribution in [3.05, 3.63) is 59.9 Å². The fourth-order valence-electron chi connectivity index (χ4n) is 4.00. The summed E-state index contributed by atoms with van der Waals surface area (Å²) >= 11 is 0. The lowest BCUT2D eigenvalue weighted by Crippen LogP contribution is -2.11. The molecule has 0 saturated carbocycles. The highest BCUT2D eigenvalue weighted by Gasteiger charge is 2.27. The van der Waals surface area contributed by atoms with Gasteiger partial charge in [0.05, 0.1) is 18.5 Å². The predicted octanol–water partition coefficient (Wildman–Crippen LogP) is 3.55. The van der Waals surface area contributed by atoms with E-state index in [1.807, 2.05) is 10.7 Å². The van der Waals surface area contributed by atoms with Gasteiger partial charge in [-0.1, -0.05) is 24.3 Å². The van der Waals surface area contributed by atoms with Gasteiger partial charge < -0.3 is 15.6 Å². The van der Waals surface area contributed by atoms with Gasteiger partial charge in [0.15, 0.2) is 17.1 Å². The van der Waals surface area contributed by atoms with Crippen LogP contribution in [0.3, 0.4) is 0 Å². The van der Waals surface area contributed by atoms with Crippen LogP contribution in [-0.2, 0) is 12.8 Å². The molecule has 148 valence electrons. The smallest absolute Gasteiger partial charge is 0.164 e. The quantitative estimate of drug-likeness (QED) is 0.536. The Labute approximate surface area is 173 Å². The molecule has 0 fully saturated rings. The summed E-state index contributed by atoms with van der Waals surface area (Å²) in [4.78, 5) is 8.63. The zero-order chi connectivity index (χ0) is 19.3. The number of aromatic hydroxyl groups is 1. The van der Waals surface area contributed by atoms with Crippen LogP contribution < -0.4 is 10.5 Å². The maximum atomic E-state index is 10.2. The summed E-state index contributed by atoms with van der Waals surface area (Å²) in [7, 11) is 1.52. The van der Waals surface area contributed by atoms with Crippen molar-refractivity contribution in [3.8, 4) is 22.8 Å². The monoisotopic (exact) mass is 409 g/mol. The molecule has 0 radical (unpaired) electrons. The average Bonchev–Trinajstić information content (AvgIpc) is 3.30. The van der Waals surface area contributed by atoms with Gasteiger partial charge in [0.2, 0.25) is 0 Å². The molecule has 5 rings (SSSR count). The molecule has 29 heavy (non-hydrogen) atoms. The third kappa shape index (κ3) is 3.03. The maximum Gasteiger partial charge on any atom is 0.164 e. The number of hydrogen-bond acceptors (Lipinski definition) is 6. The van der Waals surface area contributed by atoms with Crippen LogP contribution in [0.1, 0.15) is 17.2 Å². The number of nitrogens with zero attached hydrogens (tertiary/aromatic N) is 4. The van der Waals surface area contributed by atoms with Gasteiger partial charge >= 0.3 is 0 Å². The van der Waals surface area contributed by atoms with E-state index in [1.54, 1.807) is 12.1 Å². The first-order valence-electron chi connectivity index (χ1n) is 9.08. The zero-order valence-electron chi connectivity index (χ0n) is 15.7. The van der Waals surface area contributed by atoms with Gasteiger partial charge in [0.25, 0.3) is 0 Å². The van der Waals surface area contributed by atoms with Crippen LogP contribution in [0.25, 0.3) is 22.3 Å². The van der Waals surface area contributed by atoms with Crippen molar-refractivity contribution in [1.29, 1.82) is 0 Å². The van der Waals surface area contributed by atoms with Crippen molar-refractivity contribution in [2.45, 2.75) is 18.9 Å². The number of hydrogen-bond donors (Lipinski definition) is 2. The number of aromatic nitrogens is 4. The summed E-state index contributed by atoms with van der Waals surface area (Å²) < 4.78 is 7.09. The van der Waals surface area contributed by atoms with E-state index >= 15 is 0 Å². The van der Waals surface area contributed by atoms with Crippen LogP contribution in [-0.4, -0.2) is 32.0 Å². The number of phenolic OH excluding ortho intramolecular Hbond substituents is 1. The topological polar surface area (TPSA) is 99.1 Å². The molecule has 2 aromatic heterocycles. The molecule has 0 amide bonds. The highest BCUT2D eigenvalue weighted by Crippen LogP contribution is 2.38. The molecule has 2 aromatic carbocycles. The number of fused-ring (bicyclic) bond motifs is 2. The minimum Gasteiger partial charge on any atom is -0.504 e. The zero-order valence-corrected chi connectivity index (χ0v) is 16.6. The highest BCUT2D eigenvalue weighted by atomic mass is 35.5. The molecule has 0 saturated heterocycles. The lowest BCUT2D eigenvalue weighted by Gasteiger charge is -2.10. The number of phenols is 1. The van der Waals surface area contributed by atoms with E-state index in [1.165, 1.54) is 24.6 Å². The maximum absolute atomic E-state index is 10.2. The Morgan fingerprint density at radius 1 is 1.10 bits per heavy atom. The van der Waals surface area contributed by atoms with Gasteiger partial charge in [0, 0.05) is 5.56 Å². The standard InChI is InChI=1S/C21H19N5O2.ClH/c1-28-17-7-6-14(10-16(17)27)19-18-20(22)23-11-24-21(18)26(25-19)15-8-12-4-2-3-5-13(12)9-15;/h2-7,10-11,15,27H,8-9H2,1H3,(H2,22,23,24);1H. The van der Waals surface area contributed by atoms with Gasteiger partial charge in [0.1, 0.15) is 17.8 Å². The van der Waals surface area contributed by atoms with Crippen LogP contribution in [0.2, 0.25) is 0 Å². The second-order valence-electron chi connectivity index (χ2n) is 6.97. The molecule has 1 aliphatic rings. The molecule has 8 heteroatoms. The fourth-order valence-corrected chi connectivity index (χ4v) is 4.00. The van der Waals surface area contributed by atoms with Crippen LogP contribution in [0.15, 0.2) is 48.8 Å². The third-order valence-corrected chi connectivity index (χ3v) is 5.35. The summed E-state index contributed by atoms with van der Waals surface area (Å²) in [5.41, 5.74) is 11.0. The lowest BCUT2D eigenvalue weighted by molar-refractivity contribution is 0.373. The SMILES string of the molecule is COc1ccc(-c2nn(C3Cc4ccccc4C3)c3ncnc(N)c23)cc1O.Cl. The Kier molecular flexibility index (Phi) is 4.76. The molecular formula is C21H20ClN5O2. The Bertz CT molecular complexity index is 1180. The van der Waals surface area contributed by atoms with Crippen molar-refractivity contribution in [2.75, 3.05) is 12.8 Å². The summed E-state index contributed by atoms with van der Waals surface area (Å²) in [5, 5.41) is 15.8. The largest absolute Gasteiger partial charge is 0.504 e. The third-order valence-electron chi connectivity index (χ3n) is 5.35. The first-order valence-corrected chi connectivity index (χ1v) is 9.08. The summed E-state index contributed by atoms with van der Waals surface area (Å²) in [5.74, 6) is 0.825. The number of ether oxygens (including phenoxy) is 1. The van der Waals surface area contributed by atoms with Crippen molar-refractivity contribution >= 4 is 29.3 Å². The molecule has 0 bridgehead atoms. The van der Waals surface area contributed by atoms with E-state index in [-0.39, 0.29) is 24.2 Å². The first-order chi connectivity index (χ1) is 13.7. The molecule has 2 heterocycles. The van der Waals surface area contributed by atoms with E-state index in [0.29, 0.717) is 28.3 Å². The second kappa shape index (κ2) is 7.25. The van der Waals surface area contributed by atoms with Crippen molar-refractivity contribution in [1.82, 2.24) is 19.7 Å². The highest BCUT2D eigenvalue weighted by molar-refractivity contribution is 5.98. The number of nitrogen functional groups attached to an aromatic ring is 1. The Hall–Kier alpha value is -3.32. The van der Waals surface area contributed by atoms with E-state index < -0.39 is 0 Å². The van der Waals surface area contributed by atoms with Crippen molar-refractivity contribution in [3.63, 3.8) is 0 Å². The molecule has 4 aromatic rings. The molecule has 1 aliphatic carbocycles. The molecule has 0 atom stereocenters. The predicted molar refractivity (Wildman–Crippen MR) is 114 cm³/mol. The van der Waals surface area contributed by atoms with E-state index in [0.717, 1.165) is 18.4 Å². The Morgan fingerprint density at radius 3 is 2.48 bits per heavy atom. The van der Waals surface area contributed by atoms with E-state index in [2.05, 4.69) is 34.2 Å². The number of nitrogens with two attached hydrogens (primary N) is 1. The first kappa shape index (κ1) is 19.0. The summed E-state index contributed by atoms with van der Waals surface area (Å²) in [6, 6.07) is 13.8. The normalized spacial score (nSPS) is 13.3. The molecule has 0 unspecified atom stereocenters. The fraction of sp³-hybridized carbons (Fsp3) is 0.190. The van der Waals surface area contributed by atoms with Crippen LogP contribution in [0.5, 0.6) is 11.5 Å². The van der Waals surface area contributed by atoms with E-state index in [4.69, 9.17) is 15.6 Å². The van der Waals surface area contributed by atoms with Crippen LogP contribution >= 0.6 is 12.4 Å². The van der Waals surface area contributed by atoms with Gasteiger partial charge in [-0.3, -0.25) is 0 Å². The molecule has 0 aliphatic heterocycles. The Balaban J connectivity index is 0.00000205. The lowest BCUT2D eigenvalue weighted by atomic mass is 10.1. The average molecular weight is 410 g/mol. The number of anilines is 1. The number of methoxy groups -OCH3 is 1.